The fourth-order valence-corrected chi connectivity index (χ4v) is 2.16. The van der Waals surface area contributed by atoms with E-state index >= 15 is 0 Å². The first-order chi connectivity index (χ1) is 8.20. The lowest BCUT2D eigenvalue weighted by molar-refractivity contribution is 0.0273. The molecule has 2 atom stereocenters. The lowest BCUT2D eigenvalue weighted by atomic mass is 10.1. The fraction of sp³-hybridized carbons (Fsp3) is 0.538. The van der Waals surface area contributed by atoms with Gasteiger partial charge >= 0.3 is 0 Å². The highest BCUT2D eigenvalue weighted by Gasteiger charge is 2.25. The van der Waals surface area contributed by atoms with Crippen molar-refractivity contribution in [2.24, 2.45) is 0 Å². The Bertz CT molecular complexity index is 363. The molecule has 2 rings (SSSR count). The van der Waals surface area contributed by atoms with Crippen LogP contribution < -0.4 is 0 Å². The minimum absolute atomic E-state index is 0.0257. The highest BCUT2D eigenvalue weighted by atomic mass is 35.5. The Morgan fingerprint density at radius 2 is 2.35 bits per heavy atom. The maximum Gasteiger partial charge on any atom is 0.128 e. The van der Waals surface area contributed by atoms with E-state index in [1.807, 2.05) is 13.0 Å². The summed E-state index contributed by atoms with van der Waals surface area (Å²) in [4.78, 5) is 0. The Kier molecular flexibility index (Phi) is 4.37. The van der Waals surface area contributed by atoms with Crippen molar-refractivity contribution in [3.05, 3.63) is 35.1 Å². The van der Waals surface area contributed by atoms with Crippen LogP contribution in [0.15, 0.2) is 18.2 Å². The SMILES string of the molecule is Cc1cccc(F)c1COC1COC(CCl)C1. The zero-order valence-electron chi connectivity index (χ0n) is 9.79. The van der Waals surface area contributed by atoms with Gasteiger partial charge < -0.3 is 9.47 Å². The number of rotatable bonds is 4. The molecule has 1 aliphatic heterocycles. The zero-order chi connectivity index (χ0) is 12.3. The molecule has 0 bridgehead atoms. The third-order valence-corrected chi connectivity index (χ3v) is 3.38. The summed E-state index contributed by atoms with van der Waals surface area (Å²) in [7, 11) is 0. The number of halogens is 2. The maximum absolute atomic E-state index is 13.5. The lowest BCUT2D eigenvalue weighted by Crippen LogP contribution is -2.14. The molecule has 0 radical (unpaired) electrons. The standard InChI is InChI=1S/C13H16ClFO2/c1-9-3-2-4-13(15)12(9)8-17-11-5-10(6-14)16-7-11/h2-4,10-11H,5-8H2,1H3. The van der Waals surface area contributed by atoms with Crippen LogP contribution >= 0.6 is 11.6 Å². The molecule has 0 saturated carbocycles. The number of hydrogen-bond acceptors (Lipinski definition) is 2. The lowest BCUT2D eigenvalue weighted by Gasteiger charge is -2.12. The highest BCUT2D eigenvalue weighted by Crippen LogP contribution is 2.20. The molecule has 1 aliphatic rings. The molecule has 1 heterocycles. The summed E-state index contributed by atoms with van der Waals surface area (Å²) in [6.45, 7) is 2.72. The van der Waals surface area contributed by atoms with Crippen molar-refractivity contribution in [1.29, 1.82) is 0 Å². The van der Waals surface area contributed by atoms with Crippen LogP contribution in [0, 0.1) is 12.7 Å². The molecule has 1 saturated heterocycles. The van der Waals surface area contributed by atoms with Crippen molar-refractivity contribution >= 4 is 11.6 Å². The molecule has 0 spiro atoms. The Hall–Kier alpha value is -0.640. The minimum Gasteiger partial charge on any atom is -0.374 e. The molecule has 1 aromatic carbocycles. The fourth-order valence-electron chi connectivity index (χ4n) is 1.95. The molecular weight excluding hydrogens is 243 g/mol. The number of alkyl halides is 1. The van der Waals surface area contributed by atoms with Gasteiger partial charge in [-0.1, -0.05) is 12.1 Å². The van der Waals surface area contributed by atoms with E-state index in [0.717, 1.165) is 12.0 Å². The predicted octanol–water partition coefficient (Wildman–Crippen LogP) is 3.05. The Balaban J connectivity index is 1.90. The molecule has 2 unspecified atom stereocenters. The van der Waals surface area contributed by atoms with Crippen LogP contribution in [0.3, 0.4) is 0 Å². The molecule has 0 aliphatic carbocycles. The van der Waals surface area contributed by atoms with Gasteiger partial charge in [-0.3, -0.25) is 0 Å². The van der Waals surface area contributed by atoms with Crippen molar-refractivity contribution in [3.8, 4) is 0 Å². The highest BCUT2D eigenvalue weighted by molar-refractivity contribution is 6.18. The van der Waals surface area contributed by atoms with Crippen LogP contribution in [0.4, 0.5) is 4.39 Å². The average Bonchev–Trinajstić information content (AvgIpc) is 2.76. The van der Waals surface area contributed by atoms with E-state index in [9.17, 15) is 4.39 Å². The second-order valence-electron chi connectivity index (χ2n) is 4.31. The number of ether oxygens (including phenoxy) is 2. The molecule has 2 nitrogen and oxygen atoms in total. The van der Waals surface area contributed by atoms with Gasteiger partial charge in [-0.2, -0.15) is 0 Å². The van der Waals surface area contributed by atoms with Gasteiger partial charge in [0, 0.05) is 17.9 Å². The summed E-state index contributed by atoms with van der Waals surface area (Å²) in [6.07, 6.45) is 0.887. The van der Waals surface area contributed by atoms with E-state index in [1.165, 1.54) is 6.07 Å². The van der Waals surface area contributed by atoms with E-state index in [0.29, 0.717) is 24.7 Å². The third-order valence-electron chi connectivity index (χ3n) is 3.03. The number of benzene rings is 1. The van der Waals surface area contributed by atoms with Gasteiger partial charge in [-0.15, -0.1) is 11.6 Å². The van der Waals surface area contributed by atoms with Crippen LogP contribution in [0.1, 0.15) is 17.5 Å². The smallest absolute Gasteiger partial charge is 0.128 e. The molecule has 0 amide bonds. The van der Waals surface area contributed by atoms with E-state index in [2.05, 4.69) is 0 Å². The summed E-state index contributed by atoms with van der Waals surface area (Å²) in [5.74, 6) is 0.274. The zero-order valence-corrected chi connectivity index (χ0v) is 10.5. The van der Waals surface area contributed by atoms with E-state index < -0.39 is 0 Å². The Labute approximate surface area is 106 Å². The van der Waals surface area contributed by atoms with Crippen LogP contribution in [0.5, 0.6) is 0 Å². The largest absolute Gasteiger partial charge is 0.374 e. The van der Waals surface area contributed by atoms with Crippen molar-refractivity contribution in [2.75, 3.05) is 12.5 Å². The van der Waals surface area contributed by atoms with Crippen LogP contribution in [0.2, 0.25) is 0 Å². The van der Waals surface area contributed by atoms with Crippen molar-refractivity contribution in [1.82, 2.24) is 0 Å². The molecule has 4 heteroatoms. The molecule has 0 aromatic heterocycles. The predicted molar refractivity (Wildman–Crippen MR) is 64.8 cm³/mol. The van der Waals surface area contributed by atoms with Gasteiger partial charge in [-0.25, -0.2) is 4.39 Å². The first kappa shape index (κ1) is 12.8. The summed E-state index contributed by atoms with van der Waals surface area (Å²) < 4.78 is 24.6. The normalized spacial score (nSPS) is 24.2. The van der Waals surface area contributed by atoms with Crippen LogP contribution in [-0.2, 0) is 16.1 Å². The number of hydrogen-bond donors (Lipinski definition) is 0. The first-order valence-electron chi connectivity index (χ1n) is 5.74. The molecule has 1 aromatic rings. The van der Waals surface area contributed by atoms with Crippen molar-refractivity contribution in [2.45, 2.75) is 32.2 Å². The van der Waals surface area contributed by atoms with Gasteiger partial charge in [-0.05, 0) is 18.6 Å². The summed E-state index contributed by atoms with van der Waals surface area (Å²) in [5.41, 5.74) is 1.54. The average molecular weight is 259 g/mol. The molecular formula is C13H16ClFO2. The Morgan fingerprint density at radius 3 is 3.00 bits per heavy atom. The van der Waals surface area contributed by atoms with Gasteiger partial charge in [0.2, 0.25) is 0 Å². The molecule has 1 fully saturated rings. The van der Waals surface area contributed by atoms with E-state index in [4.69, 9.17) is 21.1 Å². The van der Waals surface area contributed by atoms with Gasteiger partial charge in [0.25, 0.3) is 0 Å². The van der Waals surface area contributed by atoms with Gasteiger partial charge in [0.15, 0.2) is 0 Å². The summed E-state index contributed by atoms with van der Waals surface area (Å²) in [5, 5.41) is 0. The number of aryl methyl sites for hydroxylation is 1. The maximum atomic E-state index is 13.5. The summed E-state index contributed by atoms with van der Waals surface area (Å²) in [6, 6.07) is 5.04. The van der Waals surface area contributed by atoms with Crippen molar-refractivity contribution < 1.29 is 13.9 Å². The monoisotopic (exact) mass is 258 g/mol. The topological polar surface area (TPSA) is 18.5 Å². The van der Waals surface area contributed by atoms with Gasteiger partial charge in [0.1, 0.15) is 5.82 Å². The second-order valence-corrected chi connectivity index (χ2v) is 4.62. The van der Waals surface area contributed by atoms with E-state index in [-0.39, 0.29) is 18.0 Å². The van der Waals surface area contributed by atoms with Crippen LogP contribution in [0.25, 0.3) is 0 Å². The van der Waals surface area contributed by atoms with Crippen molar-refractivity contribution in [3.63, 3.8) is 0 Å². The molecule has 0 N–H and O–H groups in total. The Morgan fingerprint density at radius 1 is 1.53 bits per heavy atom. The van der Waals surface area contributed by atoms with E-state index in [1.54, 1.807) is 6.07 Å². The quantitative estimate of drug-likeness (QED) is 0.773. The third kappa shape index (κ3) is 3.18. The van der Waals surface area contributed by atoms with Crippen LogP contribution in [-0.4, -0.2) is 24.7 Å². The van der Waals surface area contributed by atoms with Gasteiger partial charge in [0.05, 0.1) is 25.4 Å². The molecule has 94 valence electrons. The minimum atomic E-state index is -0.210. The molecule has 17 heavy (non-hydrogen) atoms. The second kappa shape index (κ2) is 5.80. The summed E-state index contributed by atoms with van der Waals surface area (Å²) >= 11 is 5.70. The first-order valence-corrected chi connectivity index (χ1v) is 6.27.